The third kappa shape index (κ3) is 3.37. The molecule has 1 aliphatic carbocycles. The first kappa shape index (κ1) is 15.0. The number of nitrogens with one attached hydrogen (secondary N) is 2. The fourth-order valence-corrected chi connectivity index (χ4v) is 3.80. The van der Waals surface area contributed by atoms with Gasteiger partial charge >= 0.3 is 6.03 Å². The zero-order valence-corrected chi connectivity index (χ0v) is 12.5. The van der Waals surface area contributed by atoms with E-state index < -0.39 is 12.1 Å². The number of hydrogen-bond acceptors (Lipinski definition) is 4. The van der Waals surface area contributed by atoms with Crippen molar-refractivity contribution in [3.63, 3.8) is 0 Å². The highest BCUT2D eigenvalue weighted by Crippen LogP contribution is 2.42. The van der Waals surface area contributed by atoms with Crippen LogP contribution in [0.2, 0.25) is 0 Å². The Hall–Kier alpha value is -1.40. The number of primary amides is 1. The van der Waals surface area contributed by atoms with Crippen LogP contribution in [-0.2, 0) is 10.2 Å². The number of rotatable bonds is 5. The van der Waals surface area contributed by atoms with Crippen molar-refractivity contribution >= 4 is 23.3 Å². The maximum Gasteiger partial charge on any atom is 0.318 e. The van der Waals surface area contributed by atoms with Crippen LogP contribution in [0.1, 0.15) is 37.5 Å². The lowest BCUT2D eigenvalue weighted by molar-refractivity contribution is -0.121. The van der Waals surface area contributed by atoms with Gasteiger partial charge in [-0.15, -0.1) is 11.3 Å². The molecular formula is C14H21N3O2S. The van der Waals surface area contributed by atoms with Gasteiger partial charge in [0.1, 0.15) is 0 Å². The van der Waals surface area contributed by atoms with Crippen LogP contribution in [-0.4, -0.2) is 24.5 Å². The standard InChI is InChI=1S/C14H21N3O2S/c1-10(12(18)17-13(15)19)16-9-14(6-2-3-7-14)11-5-4-8-20-11/h4-5,8,10,16H,2-3,6-7,9H2,1H3,(H3,15,17,18,19)/t10-/m0/s1. The minimum absolute atomic E-state index is 0.134. The third-order valence-corrected chi connectivity index (χ3v) is 5.11. The molecular weight excluding hydrogens is 274 g/mol. The average Bonchev–Trinajstić information content (AvgIpc) is 3.06. The first-order chi connectivity index (χ1) is 9.53. The van der Waals surface area contributed by atoms with E-state index in [1.54, 1.807) is 18.3 Å². The van der Waals surface area contributed by atoms with Gasteiger partial charge in [0.25, 0.3) is 0 Å². The Balaban J connectivity index is 1.97. The quantitative estimate of drug-likeness (QED) is 0.773. The minimum atomic E-state index is -0.808. The summed E-state index contributed by atoms with van der Waals surface area (Å²) in [6.45, 7) is 2.50. The van der Waals surface area contributed by atoms with Crippen molar-refractivity contribution in [3.05, 3.63) is 22.4 Å². The van der Waals surface area contributed by atoms with Crippen LogP contribution in [0.25, 0.3) is 0 Å². The molecule has 20 heavy (non-hydrogen) atoms. The maximum atomic E-state index is 11.7. The Morgan fingerprint density at radius 2 is 2.15 bits per heavy atom. The Bertz CT molecular complexity index is 467. The van der Waals surface area contributed by atoms with E-state index in [0.717, 1.165) is 19.4 Å². The molecule has 1 atom stereocenters. The van der Waals surface area contributed by atoms with E-state index in [9.17, 15) is 9.59 Å². The van der Waals surface area contributed by atoms with Crippen molar-refractivity contribution in [2.24, 2.45) is 5.73 Å². The van der Waals surface area contributed by atoms with E-state index in [1.165, 1.54) is 17.7 Å². The second-order valence-electron chi connectivity index (χ2n) is 5.42. The highest BCUT2D eigenvalue weighted by Gasteiger charge is 2.36. The van der Waals surface area contributed by atoms with Crippen LogP contribution in [0.3, 0.4) is 0 Å². The van der Waals surface area contributed by atoms with Crippen LogP contribution in [0, 0.1) is 0 Å². The van der Waals surface area contributed by atoms with Crippen molar-refractivity contribution in [1.82, 2.24) is 10.6 Å². The molecule has 0 aromatic carbocycles. The molecule has 0 spiro atoms. The van der Waals surface area contributed by atoms with E-state index in [0.29, 0.717) is 0 Å². The number of hydrogen-bond donors (Lipinski definition) is 3. The fourth-order valence-electron chi connectivity index (χ4n) is 2.81. The van der Waals surface area contributed by atoms with Crippen molar-refractivity contribution in [1.29, 1.82) is 0 Å². The van der Waals surface area contributed by atoms with Crippen molar-refractivity contribution < 1.29 is 9.59 Å². The summed E-state index contributed by atoms with van der Waals surface area (Å²) < 4.78 is 0. The molecule has 1 saturated carbocycles. The minimum Gasteiger partial charge on any atom is -0.351 e. The SMILES string of the molecule is C[C@H](NCC1(c2cccs2)CCCC1)C(=O)NC(N)=O. The molecule has 2 rings (SSSR count). The molecule has 1 aromatic rings. The van der Waals surface area contributed by atoms with Crippen LogP contribution in [0.4, 0.5) is 4.79 Å². The Kier molecular flexibility index (Phi) is 4.77. The summed E-state index contributed by atoms with van der Waals surface area (Å²) in [6, 6.07) is 3.01. The summed E-state index contributed by atoms with van der Waals surface area (Å²) >= 11 is 1.78. The van der Waals surface area contributed by atoms with E-state index in [1.807, 2.05) is 0 Å². The number of amides is 3. The lowest BCUT2D eigenvalue weighted by Crippen LogP contribution is -2.49. The first-order valence-electron chi connectivity index (χ1n) is 6.91. The molecule has 0 saturated heterocycles. The number of thiophene rings is 1. The number of urea groups is 1. The molecule has 0 radical (unpaired) electrons. The van der Waals surface area contributed by atoms with E-state index >= 15 is 0 Å². The molecule has 4 N–H and O–H groups in total. The van der Waals surface area contributed by atoms with Gasteiger partial charge in [0.2, 0.25) is 5.91 Å². The van der Waals surface area contributed by atoms with Gasteiger partial charge in [-0.25, -0.2) is 4.79 Å². The van der Waals surface area contributed by atoms with Gasteiger partial charge in [-0.1, -0.05) is 18.9 Å². The van der Waals surface area contributed by atoms with E-state index in [4.69, 9.17) is 5.73 Å². The van der Waals surface area contributed by atoms with Gasteiger partial charge in [0, 0.05) is 16.8 Å². The molecule has 3 amide bonds. The van der Waals surface area contributed by atoms with Gasteiger partial charge < -0.3 is 11.1 Å². The lowest BCUT2D eigenvalue weighted by atomic mass is 9.84. The maximum absolute atomic E-state index is 11.7. The van der Waals surface area contributed by atoms with Gasteiger partial charge in [-0.2, -0.15) is 0 Å². The summed E-state index contributed by atoms with van der Waals surface area (Å²) in [5, 5.41) is 7.45. The third-order valence-electron chi connectivity index (χ3n) is 3.99. The number of imide groups is 1. The molecule has 0 bridgehead atoms. The van der Waals surface area contributed by atoms with Crippen LogP contribution in [0.5, 0.6) is 0 Å². The summed E-state index contributed by atoms with van der Waals surface area (Å²) in [5.74, 6) is -0.378. The van der Waals surface area contributed by atoms with Crippen LogP contribution >= 0.6 is 11.3 Å². The molecule has 0 aliphatic heterocycles. The molecule has 110 valence electrons. The monoisotopic (exact) mass is 295 g/mol. The molecule has 6 heteroatoms. The van der Waals surface area contributed by atoms with Crippen LogP contribution in [0.15, 0.2) is 17.5 Å². The first-order valence-corrected chi connectivity index (χ1v) is 7.79. The molecule has 1 aliphatic rings. The number of nitrogens with two attached hydrogens (primary N) is 1. The molecule has 1 aromatic heterocycles. The number of carbonyl (C=O) groups is 2. The molecule has 5 nitrogen and oxygen atoms in total. The van der Waals surface area contributed by atoms with Gasteiger partial charge in [0.05, 0.1) is 6.04 Å². The molecule has 0 unspecified atom stereocenters. The smallest absolute Gasteiger partial charge is 0.318 e. The second kappa shape index (κ2) is 6.37. The number of carbonyl (C=O) groups excluding carboxylic acids is 2. The summed E-state index contributed by atoms with van der Waals surface area (Å²) in [7, 11) is 0. The normalized spacial score (nSPS) is 18.6. The van der Waals surface area contributed by atoms with Crippen molar-refractivity contribution in [2.75, 3.05) is 6.54 Å². The van der Waals surface area contributed by atoms with Crippen molar-refractivity contribution in [3.8, 4) is 0 Å². The van der Waals surface area contributed by atoms with Crippen LogP contribution < -0.4 is 16.4 Å². The summed E-state index contributed by atoms with van der Waals surface area (Å²) in [5.41, 5.74) is 5.09. The second-order valence-corrected chi connectivity index (χ2v) is 6.37. The van der Waals surface area contributed by atoms with Crippen molar-refractivity contribution in [2.45, 2.75) is 44.1 Å². The predicted molar refractivity (Wildman–Crippen MR) is 79.7 cm³/mol. The highest BCUT2D eigenvalue weighted by atomic mass is 32.1. The Morgan fingerprint density at radius 3 is 2.70 bits per heavy atom. The highest BCUT2D eigenvalue weighted by molar-refractivity contribution is 7.10. The van der Waals surface area contributed by atoms with Gasteiger partial charge in [-0.3, -0.25) is 10.1 Å². The topological polar surface area (TPSA) is 84.2 Å². The average molecular weight is 295 g/mol. The fraction of sp³-hybridized carbons (Fsp3) is 0.571. The molecule has 1 fully saturated rings. The zero-order valence-electron chi connectivity index (χ0n) is 11.6. The summed E-state index contributed by atoms with van der Waals surface area (Å²) in [4.78, 5) is 23.7. The Labute approximate surface area is 122 Å². The predicted octanol–water partition coefficient (Wildman–Crippen LogP) is 1.73. The zero-order chi connectivity index (χ0) is 14.6. The molecule has 1 heterocycles. The van der Waals surface area contributed by atoms with E-state index in [2.05, 4.69) is 28.1 Å². The lowest BCUT2D eigenvalue weighted by Gasteiger charge is -2.29. The van der Waals surface area contributed by atoms with Gasteiger partial charge in [-0.05, 0) is 31.2 Å². The largest absolute Gasteiger partial charge is 0.351 e. The Morgan fingerprint density at radius 1 is 1.45 bits per heavy atom. The van der Waals surface area contributed by atoms with E-state index in [-0.39, 0.29) is 11.3 Å². The van der Waals surface area contributed by atoms with Gasteiger partial charge in [0.15, 0.2) is 0 Å². The summed E-state index contributed by atoms with van der Waals surface area (Å²) in [6.07, 6.45) is 4.73.